The lowest BCUT2D eigenvalue weighted by atomic mass is 9.84. The van der Waals surface area contributed by atoms with Gasteiger partial charge in [-0.1, -0.05) is 6.42 Å². The van der Waals surface area contributed by atoms with Gasteiger partial charge in [0.2, 0.25) is 11.8 Å². The van der Waals surface area contributed by atoms with Crippen molar-refractivity contribution in [2.24, 2.45) is 5.92 Å². The average Bonchev–Trinajstić information content (AvgIpc) is 2.35. The molecule has 0 radical (unpaired) electrons. The van der Waals surface area contributed by atoms with Gasteiger partial charge >= 0.3 is 0 Å². The van der Waals surface area contributed by atoms with Gasteiger partial charge in [0.1, 0.15) is 11.9 Å². The summed E-state index contributed by atoms with van der Waals surface area (Å²) in [5.41, 5.74) is 0.913. The van der Waals surface area contributed by atoms with Gasteiger partial charge in [0.15, 0.2) is 0 Å². The van der Waals surface area contributed by atoms with E-state index in [1.807, 2.05) is 24.8 Å². The van der Waals surface area contributed by atoms with Gasteiger partial charge in [0.25, 0.3) is 0 Å². The van der Waals surface area contributed by atoms with E-state index in [2.05, 4.69) is 9.97 Å². The molecule has 1 aromatic heterocycles. The van der Waals surface area contributed by atoms with E-state index in [-0.39, 0.29) is 12.0 Å². The predicted molar refractivity (Wildman–Crippen MR) is 79.1 cm³/mol. The number of aryl methyl sites for hydroxylation is 2. The topological polar surface area (TPSA) is 55.3 Å². The molecule has 3 rings (SSSR count). The van der Waals surface area contributed by atoms with Crippen molar-refractivity contribution in [1.29, 1.82) is 0 Å². The predicted octanol–water partition coefficient (Wildman–Crippen LogP) is 2.26. The minimum absolute atomic E-state index is 0.0523. The smallest absolute Gasteiger partial charge is 0.225 e. The second kappa shape index (κ2) is 6.00. The summed E-state index contributed by atoms with van der Waals surface area (Å²) in [6.07, 6.45) is 5.36. The molecular formula is C16H23N3O2. The fourth-order valence-corrected chi connectivity index (χ4v) is 3.06. The molecule has 2 aliphatic rings. The molecule has 0 spiro atoms. The normalized spacial score (nSPS) is 22.8. The molecule has 2 fully saturated rings. The Morgan fingerprint density at radius 3 is 2.71 bits per heavy atom. The van der Waals surface area contributed by atoms with E-state index < -0.39 is 0 Å². The molecule has 1 amide bonds. The fraction of sp³-hybridized carbons (Fsp3) is 0.688. The number of carbonyl (C=O) groups excluding carboxylic acids is 1. The van der Waals surface area contributed by atoms with Gasteiger partial charge in [-0.25, -0.2) is 4.98 Å². The fourth-order valence-electron chi connectivity index (χ4n) is 3.06. The first-order chi connectivity index (χ1) is 10.1. The molecule has 1 atom stereocenters. The Morgan fingerprint density at radius 1 is 1.24 bits per heavy atom. The van der Waals surface area contributed by atoms with Gasteiger partial charge in [0.05, 0.1) is 6.54 Å². The molecular weight excluding hydrogens is 266 g/mol. The summed E-state index contributed by atoms with van der Waals surface area (Å²) >= 11 is 0. The van der Waals surface area contributed by atoms with Gasteiger partial charge in [0, 0.05) is 24.2 Å². The molecule has 1 saturated heterocycles. The summed E-state index contributed by atoms with van der Waals surface area (Å²) < 4.78 is 5.98. The van der Waals surface area contributed by atoms with Crippen molar-refractivity contribution in [1.82, 2.24) is 14.9 Å². The van der Waals surface area contributed by atoms with E-state index in [9.17, 15) is 4.79 Å². The first-order valence-corrected chi connectivity index (χ1v) is 7.89. The van der Waals surface area contributed by atoms with E-state index in [0.717, 1.165) is 43.7 Å². The largest absolute Gasteiger partial charge is 0.472 e. The first-order valence-electron chi connectivity index (χ1n) is 7.89. The summed E-state index contributed by atoms with van der Waals surface area (Å²) in [7, 11) is 0. The summed E-state index contributed by atoms with van der Waals surface area (Å²) in [6, 6.07) is 1.86. The van der Waals surface area contributed by atoms with Crippen molar-refractivity contribution in [3.63, 3.8) is 0 Å². The molecule has 1 saturated carbocycles. The van der Waals surface area contributed by atoms with Crippen LogP contribution in [-0.4, -0.2) is 40.0 Å². The van der Waals surface area contributed by atoms with Crippen LogP contribution in [0.5, 0.6) is 5.88 Å². The second-order valence-corrected chi connectivity index (χ2v) is 6.19. The SMILES string of the molecule is Cc1cc(O[C@H]2CCCN(C(=O)C3CCC3)C2)nc(C)n1. The summed E-state index contributed by atoms with van der Waals surface area (Å²) in [4.78, 5) is 22.9. The Bertz CT molecular complexity index is 508. The number of amides is 1. The van der Waals surface area contributed by atoms with Crippen LogP contribution < -0.4 is 4.74 Å². The number of rotatable bonds is 3. The van der Waals surface area contributed by atoms with Crippen molar-refractivity contribution in [2.75, 3.05) is 13.1 Å². The van der Waals surface area contributed by atoms with Crippen LogP contribution in [0.3, 0.4) is 0 Å². The number of nitrogens with zero attached hydrogens (tertiary/aromatic N) is 3. The molecule has 0 bridgehead atoms. The van der Waals surface area contributed by atoms with Crippen molar-refractivity contribution in [2.45, 2.75) is 52.1 Å². The minimum Gasteiger partial charge on any atom is -0.472 e. The van der Waals surface area contributed by atoms with Crippen LogP contribution in [0, 0.1) is 19.8 Å². The Balaban J connectivity index is 1.61. The zero-order valence-electron chi connectivity index (χ0n) is 12.8. The van der Waals surface area contributed by atoms with Gasteiger partial charge in [-0.15, -0.1) is 0 Å². The van der Waals surface area contributed by atoms with Gasteiger partial charge < -0.3 is 9.64 Å². The molecule has 114 valence electrons. The van der Waals surface area contributed by atoms with Crippen molar-refractivity contribution >= 4 is 5.91 Å². The van der Waals surface area contributed by atoms with Crippen LogP contribution in [0.25, 0.3) is 0 Å². The van der Waals surface area contributed by atoms with Gasteiger partial charge in [-0.2, -0.15) is 4.98 Å². The number of aromatic nitrogens is 2. The van der Waals surface area contributed by atoms with Crippen molar-refractivity contribution in [3.8, 4) is 5.88 Å². The Labute approximate surface area is 125 Å². The van der Waals surface area contributed by atoms with Crippen molar-refractivity contribution < 1.29 is 9.53 Å². The zero-order valence-corrected chi connectivity index (χ0v) is 12.8. The third-order valence-electron chi connectivity index (χ3n) is 4.37. The molecule has 0 unspecified atom stereocenters. The Kier molecular flexibility index (Phi) is 4.08. The number of hydrogen-bond donors (Lipinski definition) is 0. The maximum absolute atomic E-state index is 12.3. The third-order valence-corrected chi connectivity index (χ3v) is 4.37. The molecule has 2 heterocycles. The van der Waals surface area contributed by atoms with Crippen LogP contribution in [-0.2, 0) is 4.79 Å². The summed E-state index contributed by atoms with van der Waals surface area (Å²) in [5.74, 6) is 1.95. The zero-order chi connectivity index (χ0) is 14.8. The highest BCUT2D eigenvalue weighted by Gasteiger charge is 2.32. The quantitative estimate of drug-likeness (QED) is 0.856. The first kappa shape index (κ1) is 14.3. The second-order valence-electron chi connectivity index (χ2n) is 6.19. The van der Waals surface area contributed by atoms with Crippen LogP contribution in [0.1, 0.15) is 43.6 Å². The molecule has 0 aromatic carbocycles. The van der Waals surface area contributed by atoms with E-state index in [1.54, 1.807) is 0 Å². The maximum atomic E-state index is 12.3. The van der Waals surface area contributed by atoms with Crippen LogP contribution >= 0.6 is 0 Å². The van der Waals surface area contributed by atoms with Crippen LogP contribution in [0.4, 0.5) is 0 Å². The number of hydrogen-bond acceptors (Lipinski definition) is 4. The van der Waals surface area contributed by atoms with Crippen molar-refractivity contribution in [3.05, 3.63) is 17.6 Å². The number of piperidine rings is 1. The molecule has 1 aliphatic carbocycles. The lowest BCUT2D eigenvalue weighted by molar-refractivity contribution is -0.140. The monoisotopic (exact) mass is 289 g/mol. The molecule has 1 aliphatic heterocycles. The Morgan fingerprint density at radius 2 is 2.05 bits per heavy atom. The molecule has 21 heavy (non-hydrogen) atoms. The molecule has 5 heteroatoms. The van der Waals surface area contributed by atoms with E-state index >= 15 is 0 Å². The van der Waals surface area contributed by atoms with Gasteiger partial charge in [-0.3, -0.25) is 4.79 Å². The standard InChI is InChI=1S/C16H23N3O2/c1-11-9-15(18-12(2)17-11)21-14-7-4-8-19(10-14)16(20)13-5-3-6-13/h9,13-14H,3-8,10H2,1-2H3/t14-/m0/s1. The van der Waals surface area contributed by atoms with E-state index in [1.165, 1.54) is 6.42 Å². The lowest BCUT2D eigenvalue weighted by Crippen LogP contribution is -2.47. The van der Waals surface area contributed by atoms with Crippen LogP contribution in [0.2, 0.25) is 0 Å². The molecule has 5 nitrogen and oxygen atoms in total. The highest BCUT2D eigenvalue weighted by molar-refractivity contribution is 5.79. The molecule has 0 N–H and O–H groups in total. The number of carbonyl (C=O) groups is 1. The highest BCUT2D eigenvalue weighted by atomic mass is 16.5. The summed E-state index contributed by atoms with van der Waals surface area (Å²) in [6.45, 7) is 5.37. The average molecular weight is 289 g/mol. The minimum atomic E-state index is 0.0523. The highest BCUT2D eigenvalue weighted by Crippen LogP contribution is 2.29. The van der Waals surface area contributed by atoms with E-state index in [0.29, 0.717) is 18.3 Å². The summed E-state index contributed by atoms with van der Waals surface area (Å²) in [5, 5.41) is 0. The van der Waals surface area contributed by atoms with Crippen LogP contribution in [0.15, 0.2) is 6.07 Å². The number of likely N-dealkylation sites (tertiary alicyclic amines) is 1. The molecule has 1 aromatic rings. The Hall–Kier alpha value is -1.65. The third kappa shape index (κ3) is 3.34. The lowest BCUT2D eigenvalue weighted by Gasteiger charge is -2.37. The van der Waals surface area contributed by atoms with E-state index in [4.69, 9.17) is 4.74 Å². The maximum Gasteiger partial charge on any atom is 0.225 e. The number of ether oxygens (including phenoxy) is 1. The van der Waals surface area contributed by atoms with Gasteiger partial charge in [-0.05, 0) is 39.5 Å².